The van der Waals surface area contributed by atoms with Crippen LogP contribution in [0.15, 0.2) is 23.1 Å². The fourth-order valence-electron chi connectivity index (χ4n) is 1.87. The topological polar surface area (TPSA) is 26.3 Å². The highest BCUT2D eigenvalue weighted by Gasteiger charge is 2.20. The van der Waals surface area contributed by atoms with Crippen LogP contribution < -0.4 is 0 Å². The average Bonchev–Trinajstić information content (AvgIpc) is 2.74. The van der Waals surface area contributed by atoms with Crippen LogP contribution in [0.5, 0.6) is 0 Å². The molecule has 86 valence electrons. The number of carbonyl (C=O) groups is 1. The summed E-state index contributed by atoms with van der Waals surface area (Å²) in [6, 6.07) is 4.05. The summed E-state index contributed by atoms with van der Waals surface area (Å²) in [6.45, 7) is 0. The van der Waals surface area contributed by atoms with Gasteiger partial charge in [0.2, 0.25) is 0 Å². The van der Waals surface area contributed by atoms with Crippen LogP contribution in [0.25, 0.3) is 0 Å². The van der Waals surface area contributed by atoms with Gasteiger partial charge in [0, 0.05) is 4.90 Å². The third kappa shape index (κ3) is 2.55. The Hall–Kier alpha value is -1.03. The van der Waals surface area contributed by atoms with Gasteiger partial charge in [-0.05, 0) is 43.9 Å². The maximum absolute atomic E-state index is 12.9. The Morgan fingerprint density at radius 2 is 2.06 bits per heavy atom. The Kier molecular flexibility index (Phi) is 3.49. The van der Waals surface area contributed by atoms with Crippen molar-refractivity contribution < 1.29 is 13.9 Å². The van der Waals surface area contributed by atoms with Gasteiger partial charge in [-0.3, -0.25) is 0 Å². The van der Waals surface area contributed by atoms with Crippen molar-refractivity contribution in [1.29, 1.82) is 0 Å². The first kappa shape index (κ1) is 11.5. The molecule has 0 radical (unpaired) electrons. The van der Waals surface area contributed by atoms with E-state index in [2.05, 4.69) is 12.6 Å². The van der Waals surface area contributed by atoms with Crippen molar-refractivity contribution in [1.82, 2.24) is 0 Å². The number of carbonyl (C=O) groups excluding carboxylic acids is 1. The minimum absolute atomic E-state index is 0.0286. The van der Waals surface area contributed by atoms with Crippen molar-refractivity contribution in [3.63, 3.8) is 0 Å². The summed E-state index contributed by atoms with van der Waals surface area (Å²) >= 11 is 3.93. The number of benzene rings is 1. The first-order valence-electron chi connectivity index (χ1n) is 5.36. The Morgan fingerprint density at radius 3 is 2.69 bits per heavy atom. The molecule has 0 atom stereocenters. The van der Waals surface area contributed by atoms with Crippen molar-refractivity contribution in [3.8, 4) is 0 Å². The predicted molar refractivity (Wildman–Crippen MR) is 61.3 cm³/mol. The molecule has 0 saturated heterocycles. The molecule has 0 spiro atoms. The number of esters is 1. The van der Waals surface area contributed by atoms with Gasteiger partial charge in [0.05, 0.1) is 5.56 Å². The fourth-order valence-corrected chi connectivity index (χ4v) is 2.08. The first-order valence-corrected chi connectivity index (χ1v) is 5.81. The molecular weight excluding hydrogens is 227 g/mol. The van der Waals surface area contributed by atoms with Crippen LogP contribution in [0.3, 0.4) is 0 Å². The Balaban J connectivity index is 2.05. The molecule has 0 amide bonds. The number of hydrogen-bond donors (Lipinski definition) is 1. The van der Waals surface area contributed by atoms with Crippen LogP contribution in [0.2, 0.25) is 0 Å². The number of thiol groups is 1. The fraction of sp³-hybridized carbons (Fsp3) is 0.417. The van der Waals surface area contributed by atoms with Crippen LogP contribution in [-0.2, 0) is 4.74 Å². The number of rotatable bonds is 2. The van der Waals surface area contributed by atoms with E-state index in [0.717, 1.165) is 25.7 Å². The van der Waals surface area contributed by atoms with Gasteiger partial charge in [0.1, 0.15) is 11.9 Å². The Morgan fingerprint density at radius 1 is 1.38 bits per heavy atom. The largest absolute Gasteiger partial charge is 0.459 e. The van der Waals surface area contributed by atoms with Gasteiger partial charge < -0.3 is 4.74 Å². The lowest BCUT2D eigenvalue weighted by atomic mass is 10.2. The SMILES string of the molecule is O=C(OC1CCCC1)c1ccc(F)c(S)c1. The highest BCUT2D eigenvalue weighted by atomic mass is 32.1. The molecule has 1 aliphatic rings. The standard InChI is InChI=1S/C12H13FO2S/c13-10-6-5-8(7-11(10)16)12(14)15-9-3-1-2-4-9/h5-7,9,16H,1-4H2. The second-order valence-corrected chi connectivity index (χ2v) is 4.46. The molecule has 1 saturated carbocycles. The molecule has 1 fully saturated rings. The van der Waals surface area contributed by atoms with Crippen molar-refractivity contribution in [2.75, 3.05) is 0 Å². The molecule has 1 aliphatic carbocycles. The zero-order valence-electron chi connectivity index (χ0n) is 8.78. The summed E-state index contributed by atoms with van der Waals surface area (Å²) in [5.74, 6) is -0.817. The molecule has 0 aromatic heterocycles. The van der Waals surface area contributed by atoms with Crippen LogP contribution in [0.4, 0.5) is 4.39 Å². The molecule has 2 nitrogen and oxygen atoms in total. The number of ether oxygens (including phenoxy) is 1. The Labute approximate surface area is 99.2 Å². The predicted octanol–water partition coefficient (Wildman–Crippen LogP) is 3.21. The number of hydrogen-bond acceptors (Lipinski definition) is 3. The maximum Gasteiger partial charge on any atom is 0.338 e. The van der Waals surface area contributed by atoms with E-state index in [-0.39, 0.29) is 17.0 Å². The minimum atomic E-state index is -0.430. The van der Waals surface area contributed by atoms with E-state index in [1.54, 1.807) is 0 Å². The maximum atomic E-state index is 12.9. The lowest BCUT2D eigenvalue weighted by molar-refractivity contribution is 0.0317. The lowest BCUT2D eigenvalue weighted by Gasteiger charge is -2.11. The quantitative estimate of drug-likeness (QED) is 0.634. The molecule has 16 heavy (non-hydrogen) atoms. The monoisotopic (exact) mass is 240 g/mol. The van der Waals surface area contributed by atoms with Gasteiger partial charge >= 0.3 is 5.97 Å². The van der Waals surface area contributed by atoms with Gasteiger partial charge in [-0.1, -0.05) is 0 Å². The van der Waals surface area contributed by atoms with Gasteiger partial charge in [0.25, 0.3) is 0 Å². The second kappa shape index (κ2) is 4.87. The molecule has 4 heteroatoms. The average molecular weight is 240 g/mol. The smallest absolute Gasteiger partial charge is 0.338 e. The van der Waals surface area contributed by atoms with Crippen molar-refractivity contribution >= 4 is 18.6 Å². The third-order valence-corrected chi connectivity index (χ3v) is 3.10. The first-order chi connectivity index (χ1) is 7.66. The summed E-state index contributed by atoms with van der Waals surface area (Å²) in [7, 11) is 0. The molecule has 0 heterocycles. The van der Waals surface area contributed by atoms with E-state index in [1.807, 2.05) is 0 Å². The molecule has 2 rings (SSSR count). The van der Waals surface area contributed by atoms with Gasteiger partial charge in [-0.15, -0.1) is 12.6 Å². The van der Waals surface area contributed by atoms with Gasteiger partial charge in [-0.25, -0.2) is 9.18 Å². The third-order valence-electron chi connectivity index (χ3n) is 2.76. The van der Waals surface area contributed by atoms with E-state index < -0.39 is 5.82 Å². The van der Waals surface area contributed by atoms with E-state index in [1.165, 1.54) is 18.2 Å². The van der Waals surface area contributed by atoms with Crippen LogP contribution >= 0.6 is 12.6 Å². The zero-order valence-corrected chi connectivity index (χ0v) is 9.67. The van der Waals surface area contributed by atoms with Gasteiger partial charge in [-0.2, -0.15) is 0 Å². The Bertz CT molecular complexity index is 400. The molecule has 1 aromatic carbocycles. The zero-order chi connectivity index (χ0) is 11.5. The second-order valence-electron chi connectivity index (χ2n) is 3.98. The van der Waals surface area contributed by atoms with Crippen LogP contribution in [-0.4, -0.2) is 12.1 Å². The molecule has 0 bridgehead atoms. The molecule has 0 unspecified atom stereocenters. The summed E-state index contributed by atoms with van der Waals surface area (Å²) in [6.07, 6.45) is 4.11. The van der Waals surface area contributed by atoms with E-state index in [9.17, 15) is 9.18 Å². The summed E-state index contributed by atoms with van der Waals surface area (Å²) in [5, 5.41) is 0. The summed E-state index contributed by atoms with van der Waals surface area (Å²) < 4.78 is 18.2. The highest BCUT2D eigenvalue weighted by molar-refractivity contribution is 7.80. The molecule has 0 N–H and O–H groups in total. The lowest BCUT2D eigenvalue weighted by Crippen LogP contribution is -2.14. The van der Waals surface area contributed by atoms with E-state index >= 15 is 0 Å². The molecule has 1 aromatic rings. The molecule has 0 aliphatic heterocycles. The van der Waals surface area contributed by atoms with E-state index in [4.69, 9.17) is 4.74 Å². The molecular formula is C12H13FO2S. The van der Waals surface area contributed by atoms with E-state index in [0.29, 0.717) is 5.56 Å². The summed E-state index contributed by atoms with van der Waals surface area (Å²) in [5.41, 5.74) is 0.360. The highest BCUT2D eigenvalue weighted by Crippen LogP contribution is 2.23. The van der Waals surface area contributed by atoms with Crippen molar-refractivity contribution in [3.05, 3.63) is 29.6 Å². The van der Waals surface area contributed by atoms with Crippen LogP contribution in [0.1, 0.15) is 36.0 Å². The summed E-state index contributed by atoms with van der Waals surface area (Å²) in [4.78, 5) is 11.9. The van der Waals surface area contributed by atoms with Crippen LogP contribution in [0, 0.1) is 5.82 Å². The normalized spacial score (nSPS) is 16.4. The number of halogens is 1. The minimum Gasteiger partial charge on any atom is -0.459 e. The van der Waals surface area contributed by atoms with Crippen molar-refractivity contribution in [2.24, 2.45) is 0 Å². The van der Waals surface area contributed by atoms with Gasteiger partial charge in [0.15, 0.2) is 0 Å². The van der Waals surface area contributed by atoms with Crippen molar-refractivity contribution in [2.45, 2.75) is 36.7 Å².